The van der Waals surface area contributed by atoms with Gasteiger partial charge in [0, 0.05) is 19.0 Å². The highest BCUT2D eigenvalue weighted by Gasteiger charge is 2.40. The van der Waals surface area contributed by atoms with Crippen LogP contribution in [0.25, 0.3) is 0 Å². The lowest BCUT2D eigenvalue weighted by Gasteiger charge is -2.35. The Morgan fingerprint density at radius 2 is 2.22 bits per heavy atom. The standard InChI is InChI=1S/C14H19N2OS/c1-2-16(10-15-9-5-8-14(15)17)11-18-13-7-4-3-6-12(13)16/h3-4,6-7H,2,5,8-11H2,1H3/q+1. The van der Waals surface area contributed by atoms with Crippen molar-refractivity contribution < 1.29 is 4.79 Å². The molecule has 1 atom stereocenters. The first kappa shape index (κ1) is 12.1. The predicted octanol–water partition coefficient (Wildman–Crippen LogP) is 2.66. The molecule has 3 rings (SSSR count). The number of hydrogen-bond acceptors (Lipinski definition) is 2. The summed E-state index contributed by atoms with van der Waals surface area (Å²) in [5, 5.41) is 0. The van der Waals surface area contributed by atoms with Crippen molar-refractivity contribution in [3.8, 4) is 0 Å². The Morgan fingerprint density at radius 3 is 2.94 bits per heavy atom. The maximum Gasteiger partial charge on any atom is 0.226 e. The maximum absolute atomic E-state index is 11.8. The van der Waals surface area contributed by atoms with Crippen molar-refractivity contribution in [1.82, 2.24) is 9.38 Å². The highest BCUT2D eigenvalue weighted by molar-refractivity contribution is 7.99. The minimum absolute atomic E-state index is 0.329. The average Bonchev–Trinajstić information content (AvgIpc) is 2.96. The second kappa shape index (κ2) is 4.59. The van der Waals surface area contributed by atoms with Gasteiger partial charge in [-0.3, -0.25) is 14.2 Å². The molecule has 0 spiro atoms. The SMILES string of the molecule is CC[N+]1(CN2CCCC2=O)CSc2ccccc21. The fraction of sp³-hybridized carbons (Fsp3) is 0.500. The van der Waals surface area contributed by atoms with E-state index in [1.165, 1.54) is 10.6 Å². The van der Waals surface area contributed by atoms with Crippen molar-refractivity contribution in [3.63, 3.8) is 0 Å². The molecule has 3 nitrogen and oxygen atoms in total. The van der Waals surface area contributed by atoms with Gasteiger partial charge in [-0.1, -0.05) is 23.9 Å². The van der Waals surface area contributed by atoms with E-state index >= 15 is 0 Å². The molecular formula is C14H19N2OS+. The number of nitrogens with zero attached hydrogens (tertiary/aromatic N) is 2. The smallest absolute Gasteiger partial charge is 0.226 e. The van der Waals surface area contributed by atoms with Gasteiger partial charge in [-0.2, -0.15) is 0 Å². The highest BCUT2D eigenvalue weighted by Crippen LogP contribution is 2.43. The van der Waals surface area contributed by atoms with E-state index in [4.69, 9.17) is 0 Å². The zero-order valence-electron chi connectivity index (χ0n) is 10.8. The van der Waals surface area contributed by atoms with Gasteiger partial charge in [-0.15, -0.1) is 0 Å². The molecule has 2 heterocycles. The van der Waals surface area contributed by atoms with Crippen LogP contribution in [0.5, 0.6) is 0 Å². The number of carbonyl (C=O) groups excluding carboxylic acids is 1. The number of para-hydroxylation sites is 1. The van der Waals surface area contributed by atoms with Crippen molar-refractivity contribution in [3.05, 3.63) is 24.3 Å². The molecule has 18 heavy (non-hydrogen) atoms. The lowest BCUT2D eigenvalue weighted by molar-refractivity contribution is -0.129. The van der Waals surface area contributed by atoms with E-state index in [9.17, 15) is 4.79 Å². The molecule has 2 aliphatic rings. The summed E-state index contributed by atoms with van der Waals surface area (Å²) in [6.07, 6.45) is 1.76. The van der Waals surface area contributed by atoms with Crippen molar-refractivity contribution in [2.45, 2.75) is 24.7 Å². The Balaban J connectivity index is 1.90. The fourth-order valence-electron chi connectivity index (χ4n) is 2.89. The largest absolute Gasteiger partial charge is 0.295 e. The van der Waals surface area contributed by atoms with Crippen LogP contribution in [0.2, 0.25) is 0 Å². The van der Waals surface area contributed by atoms with Crippen molar-refractivity contribution in [2.24, 2.45) is 0 Å². The second-order valence-corrected chi connectivity index (χ2v) is 6.09. The number of fused-ring (bicyclic) bond motifs is 1. The monoisotopic (exact) mass is 263 g/mol. The van der Waals surface area contributed by atoms with Crippen LogP contribution in [0.4, 0.5) is 5.69 Å². The van der Waals surface area contributed by atoms with Gasteiger partial charge in [0.15, 0.2) is 6.67 Å². The van der Waals surface area contributed by atoms with Crippen LogP contribution in [0, 0.1) is 0 Å². The highest BCUT2D eigenvalue weighted by atomic mass is 32.2. The van der Waals surface area contributed by atoms with Crippen molar-refractivity contribution in [1.29, 1.82) is 0 Å². The van der Waals surface area contributed by atoms with Crippen LogP contribution < -0.4 is 4.48 Å². The molecule has 2 aliphatic heterocycles. The summed E-state index contributed by atoms with van der Waals surface area (Å²) in [7, 11) is 0. The molecule has 0 bridgehead atoms. The molecule has 1 aromatic rings. The van der Waals surface area contributed by atoms with Gasteiger partial charge in [0.1, 0.15) is 11.6 Å². The summed E-state index contributed by atoms with van der Waals surface area (Å²) in [6.45, 7) is 5.06. The third-order valence-corrected chi connectivity index (χ3v) is 5.34. The summed E-state index contributed by atoms with van der Waals surface area (Å²) in [6, 6.07) is 8.63. The quantitative estimate of drug-likeness (QED) is 0.781. The number of hydrogen-bond donors (Lipinski definition) is 0. The molecule has 1 amide bonds. The van der Waals surface area contributed by atoms with Gasteiger partial charge >= 0.3 is 0 Å². The topological polar surface area (TPSA) is 20.3 Å². The summed E-state index contributed by atoms with van der Waals surface area (Å²) >= 11 is 1.92. The normalized spacial score (nSPS) is 26.7. The van der Waals surface area contributed by atoms with E-state index in [1.54, 1.807) is 0 Å². The average molecular weight is 263 g/mol. The molecule has 96 valence electrons. The Bertz CT molecular complexity index is 477. The molecule has 0 aliphatic carbocycles. The number of thioether (sulfide) groups is 1. The molecule has 1 aromatic carbocycles. The van der Waals surface area contributed by atoms with E-state index in [-0.39, 0.29) is 0 Å². The summed E-state index contributed by atoms with van der Waals surface area (Å²) in [5.74, 6) is 1.38. The van der Waals surface area contributed by atoms with Crippen molar-refractivity contribution >= 4 is 23.4 Å². The Kier molecular flexibility index (Phi) is 3.08. The van der Waals surface area contributed by atoms with Crippen LogP contribution in [-0.4, -0.2) is 36.4 Å². The van der Waals surface area contributed by atoms with E-state index in [2.05, 4.69) is 31.2 Å². The van der Waals surface area contributed by atoms with Gasteiger partial charge in [0.25, 0.3) is 0 Å². The Morgan fingerprint density at radius 1 is 1.39 bits per heavy atom. The Hall–Kier alpha value is -1.00. The first-order chi connectivity index (χ1) is 8.75. The van der Waals surface area contributed by atoms with Gasteiger partial charge < -0.3 is 0 Å². The molecule has 1 unspecified atom stereocenters. The third kappa shape index (κ3) is 1.84. The molecule has 0 saturated carbocycles. The molecular weight excluding hydrogens is 244 g/mol. The first-order valence-corrected chi connectivity index (χ1v) is 7.60. The molecule has 0 radical (unpaired) electrons. The fourth-order valence-corrected chi connectivity index (χ4v) is 4.27. The van der Waals surface area contributed by atoms with E-state index in [1.807, 2.05) is 16.7 Å². The summed E-state index contributed by atoms with van der Waals surface area (Å²) < 4.78 is 0.923. The lowest BCUT2D eigenvalue weighted by Crippen LogP contribution is -2.54. The minimum atomic E-state index is 0.329. The van der Waals surface area contributed by atoms with E-state index < -0.39 is 0 Å². The van der Waals surface area contributed by atoms with Crippen LogP contribution >= 0.6 is 11.8 Å². The van der Waals surface area contributed by atoms with Gasteiger partial charge in [-0.05, 0) is 19.4 Å². The number of rotatable bonds is 3. The Labute approximate surface area is 112 Å². The maximum atomic E-state index is 11.8. The van der Waals surface area contributed by atoms with Crippen LogP contribution in [0.15, 0.2) is 29.2 Å². The van der Waals surface area contributed by atoms with Gasteiger partial charge in [-0.25, -0.2) is 0 Å². The number of quaternary nitrogens is 1. The summed E-state index contributed by atoms with van der Waals surface area (Å²) in [5.41, 5.74) is 1.39. The number of carbonyl (C=O) groups is 1. The van der Waals surface area contributed by atoms with E-state index in [0.29, 0.717) is 5.91 Å². The number of benzene rings is 1. The molecule has 0 N–H and O–H groups in total. The van der Waals surface area contributed by atoms with Crippen LogP contribution in [0.3, 0.4) is 0 Å². The third-order valence-electron chi connectivity index (χ3n) is 4.06. The van der Waals surface area contributed by atoms with Crippen LogP contribution in [0.1, 0.15) is 19.8 Å². The van der Waals surface area contributed by atoms with Gasteiger partial charge in [0.2, 0.25) is 5.91 Å². The van der Waals surface area contributed by atoms with Crippen LogP contribution in [-0.2, 0) is 4.79 Å². The number of likely N-dealkylation sites (tertiary alicyclic amines) is 1. The second-order valence-electron chi connectivity index (χ2n) is 5.10. The zero-order valence-corrected chi connectivity index (χ0v) is 11.6. The minimum Gasteiger partial charge on any atom is -0.295 e. The van der Waals surface area contributed by atoms with E-state index in [0.717, 1.165) is 43.0 Å². The predicted molar refractivity (Wildman–Crippen MR) is 75.3 cm³/mol. The first-order valence-electron chi connectivity index (χ1n) is 6.61. The van der Waals surface area contributed by atoms with Gasteiger partial charge in [0.05, 0.1) is 11.4 Å². The zero-order chi connectivity index (χ0) is 12.6. The number of amides is 1. The summed E-state index contributed by atoms with van der Waals surface area (Å²) in [4.78, 5) is 15.3. The lowest BCUT2D eigenvalue weighted by atomic mass is 10.2. The van der Waals surface area contributed by atoms with Crippen molar-refractivity contribution in [2.75, 3.05) is 25.6 Å². The molecule has 1 fully saturated rings. The molecule has 1 saturated heterocycles. The molecule has 4 heteroatoms. The molecule has 0 aromatic heterocycles.